The first-order valence-corrected chi connectivity index (χ1v) is 8.50. The van der Waals surface area contributed by atoms with Crippen molar-refractivity contribution < 1.29 is 4.79 Å². The number of para-hydroxylation sites is 1. The molecule has 2 heterocycles. The molecule has 24 heavy (non-hydrogen) atoms. The van der Waals surface area contributed by atoms with Gasteiger partial charge in [0.15, 0.2) is 0 Å². The van der Waals surface area contributed by atoms with Gasteiger partial charge in [-0.05, 0) is 29.2 Å². The molecule has 1 fully saturated rings. The van der Waals surface area contributed by atoms with Crippen LogP contribution in [-0.2, 0) is 5.41 Å². The number of pyridine rings is 1. The van der Waals surface area contributed by atoms with Crippen molar-refractivity contribution in [1.29, 1.82) is 0 Å². The predicted molar refractivity (Wildman–Crippen MR) is 97.5 cm³/mol. The van der Waals surface area contributed by atoms with Crippen LogP contribution in [0.15, 0.2) is 48.8 Å². The van der Waals surface area contributed by atoms with Crippen LogP contribution < -0.4 is 4.90 Å². The first kappa shape index (κ1) is 16.5. The third-order valence-corrected chi connectivity index (χ3v) is 4.53. The Bertz CT molecular complexity index is 698. The maximum absolute atomic E-state index is 12.5. The van der Waals surface area contributed by atoms with Crippen molar-refractivity contribution in [2.75, 3.05) is 31.1 Å². The summed E-state index contributed by atoms with van der Waals surface area (Å²) < 4.78 is 0. The van der Waals surface area contributed by atoms with E-state index in [2.05, 4.69) is 54.9 Å². The molecule has 1 aliphatic heterocycles. The van der Waals surface area contributed by atoms with Gasteiger partial charge in [-0.15, -0.1) is 0 Å². The lowest BCUT2D eigenvalue weighted by atomic mass is 9.85. The van der Waals surface area contributed by atoms with Crippen LogP contribution in [0.25, 0.3) is 0 Å². The number of aromatic nitrogens is 1. The zero-order chi connectivity index (χ0) is 17.2. The van der Waals surface area contributed by atoms with Gasteiger partial charge in [0.1, 0.15) is 0 Å². The van der Waals surface area contributed by atoms with Crippen LogP contribution in [0, 0.1) is 0 Å². The van der Waals surface area contributed by atoms with E-state index in [4.69, 9.17) is 0 Å². The molecule has 1 amide bonds. The smallest absolute Gasteiger partial charge is 0.255 e. The summed E-state index contributed by atoms with van der Waals surface area (Å²) in [6, 6.07) is 12.2. The molecule has 0 aliphatic carbocycles. The number of amides is 1. The highest BCUT2D eigenvalue weighted by molar-refractivity contribution is 5.94. The average Bonchev–Trinajstić information content (AvgIpc) is 2.61. The molecule has 2 aromatic rings. The Morgan fingerprint density at radius 2 is 1.71 bits per heavy atom. The Kier molecular flexibility index (Phi) is 4.56. The summed E-state index contributed by atoms with van der Waals surface area (Å²) in [5.41, 5.74) is 3.43. The Balaban J connectivity index is 1.71. The van der Waals surface area contributed by atoms with Crippen LogP contribution in [0.3, 0.4) is 0 Å². The SMILES string of the molecule is CC(C)(C)c1ccccc1N1CCN(C(=O)c2cccnc2)CC1. The second-order valence-corrected chi connectivity index (χ2v) is 7.29. The minimum absolute atomic E-state index is 0.0758. The van der Waals surface area contributed by atoms with Crippen molar-refractivity contribution in [2.24, 2.45) is 0 Å². The highest BCUT2D eigenvalue weighted by atomic mass is 16.2. The van der Waals surface area contributed by atoms with Gasteiger partial charge < -0.3 is 9.80 Å². The molecule has 0 bridgehead atoms. The Hall–Kier alpha value is -2.36. The fourth-order valence-corrected chi connectivity index (χ4v) is 3.21. The van der Waals surface area contributed by atoms with Crippen molar-refractivity contribution in [1.82, 2.24) is 9.88 Å². The number of nitrogens with zero attached hydrogens (tertiary/aromatic N) is 3. The highest BCUT2D eigenvalue weighted by Gasteiger charge is 2.26. The molecule has 126 valence electrons. The Morgan fingerprint density at radius 1 is 1.00 bits per heavy atom. The predicted octanol–water partition coefficient (Wildman–Crippen LogP) is 3.34. The van der Waals surface area contributed by atoms with Crippen LogP contribution in [0.2, 0.25) is 0 Å². The lowest BCUT2D eigenvalue weighted by Crippen LogP contribution is -2.49. The molecular weight excluding hydrogens is 298 g/mol. The van der Waals surface area contributed by atoms with Gasteiger partial charge in [0.25, 0.3) is 5.91 Å². The highest BCUT2D eigenvalue weighted by Crippen LogP contribution is 2.32. The summed E-state index contributed by atoms with van der Waals surface area (Å²) in [6.45, 7) is 9.94. The van der Waals surface area contributed by atoms with Crippen LogP contribution in [0.1, 0.15) is 36.7 Å². The van der Waals surface area contributed by atoms with Gasteiger partial charge in [0.05, 0.1) is 5.56 Å². The number of hydrogen-bond acceptors (Lipinski definition) is 3. The van der Waals surface area contributed by atoms with E-state index in [1.807, 2.05) is 17.0 Å². The van der Waals surface area contributed by atoms with Crippen molar-refractivity contribution in [2.45, 2.75) is 26.2 Å². The van der Waals surface area contributed by atoms with Crippen LogP contribution in [0.4, 0.5) is 5.69 Å². The summed E-state index contributed by atoms with van der Waals surface area (Å²) in [4.78, 5) is 20.9. The van der Waals surface area contributed by atoms with Crippen LogP contribution >= 0.6 is 0 Å². The van der Waals surface area contributed by atoms with E-state index in [1.54, 1.807) is 12.4 Å². The lowest BCUT2D eigenvalue weighted by Gasteiger charge is -2.38. The first-order chi connectivity index (χ1) is 11.5. The number of rotatable bonds is 2. The fraction of sp³-hybridized carbons (Fsp3) is 0.400. The zero-order valence-electron chi connectivity index (χ0n) is 14.7. The number of carbonyl (C=O) groups is 1. The summed E-state index contributed by atoms with van der Waals surface area (Å²) in [5, 5.41) is 0. The van der Waals surface area contributed by atoms with Crippen molar-refractivity contribution in [3.8, 4) is 0 Å². The van der Waals surface area contributed by atoms with Crippen LogP contribution in [0.5, 0.6) is 0 Å². The molecule has 0 atom stereocenters. The second-order valence-electron chi connectivity index (χ2n) is 7.29. The number of benzene rings is 1. The van der Waals surface area contributed by atoms with E-state index < -0.39 is 0 Å². The zero-order valence-corrected chi connectivity index (χ0v) is 14.7. The van der Waals surface area contributed by atoms with Gasteiger partial charge in [-0.1, -0.05) is 39.0 Å². The summed E-state index contributed by atoms with van der Waals surface area (Å²) in [6.07, 6.45) is 3.34. The molecule has 0 unspecified atom stereocenters. The summed E-state index contributed by atoms with van der Waals surface area (Å²) in [7, 11) is 0. The Morgan fingerprint density at radius 3 is 2.33 bits per heavy atom. The standard InChI is InChI=1S/C20H25N3O/c1-20(2,3)17-8-4-5-9-18(17)22-11-13-23(14-12-22)19(24)16-7-6-10-21-15-16/h4-10,15H,11-14H2,1-3H3. The minimum atomic E-state index is 0.0758. The molecular formula is C20H25N3O. The monoisotopic (exact) mass is 323 g/mol. The summed E-state index contributed by atoms with van der Waals surface area (Å²) in [5.74, 6) is 0.0758. The third-order valence-electron chi connectivity index (χ3n) is 4.53. The largest absolute Gasteiger partial charge is 0.368 e. The third kappa shape index (κ3) is 3.42. The van der Waals surface area contributed by atoms with E-state index in [1.165, 1.54) is 11.3 Å². The molecule has 3 rings (SSSR count). The molecule has 4 nitrogen and oxygen atoms in total. The van der Waals surface area contributed by atoms with Gasteiger partial charge >= 0.3 is 0 Å². The van der Waals surface area contributed by atoms with Crippen LogP contribution in [-0.4, -0.2) is 42.0 Å². The summed E-state index contributed by atoms with van der Waals surface area (Å²) >= 11 is 0. The number of anilines is 1. The van der Waals surface area contributed by atoms with Crippen molar-refractivity contribution in [3.05, 3.63) is 59.9 Å². The molecule has 1 aromatic heterocycles. The molecule has 0 saturated carbocycles. The second kappa shape index (κ2) is 6.63. The van der Waals surface area contributed by atoms with Gasteiger partial charge in [-0.3, -0.25) is 9.78 Å². The van der Waals surface area contributed by atoms with E-state index in [0.29, 0.717) is 5.56 Å². The lowest BCUT2D eigenvalue weighted by molar-refractivity contribution is 0.0746. The van der Waals surface area contributed by atoms with Crippen molar-refractivity contribution >= 4 is 11.6 Å². The van der Waals surface area contributed by atoms with E-state index in [0.717, 1.165) is 26.2 Å². The number of piperazine rings is 1. The number of hydrogen-bond donors (Lipinski definition) is 0. The number of carbonyl (C=O) groups excluding carboxylic acids is 1. The maximum Gasteiger partial charge on any atom is 0.255 e. The normalized spacial score (nSPS) is 15.5. The molecule has 0 spiro atoms. The first-order valence-electron chi connectivity index (χ1n) is 8.50. The van der Waals surface area contributed by atoms with Gasteiger partial charge in [0, 0.05) is 44.3 Å². The van der Waals surface area contributed by atoms with E-state index in [9.17, 15) is 4.79 Å². The molecule has 4 heteroatoms. The molecule has 1 aliphatic rings. The average molecular weight is 323 g/mol. The fourth-order valence-electron chi connectivity index (χ4n) is 3.21. The minimum Gasteiger partial charge on any atom is -0.368 e. The molecule has 0 N–H and O–H groups in total. The van der Waals surface area contributed by atoms with E-state index >= 15 is 0 Å². The van der Waals surface area contributed by atoms with Gasteiger partial charge in [-0.2, -0.15) is 0 Å². The topological polar surface area (TPSA) is 36.4 Å². The quantitative estimate of drug-likeness (QED) is 0.850. The van der Waals surface area contributed by atoms with E-state index in [-0.39, 0.29) is 11.3 Å². The van der Waals surface area contributed by atoms with Gasteiger partial charge in [-0.25, -0.2) is 0 Å². The molecule has 0 radical (unpaired) electrons. The van der Waals surface area contributed by atoms with Crippen molar-refractivity contribution in [3.63, 3.8) is 0 Å². The Labute approximate surface area is 144 Å². The maximum atomic E-state index is 12.5. The molecule has 1 aromatic carbocycles. The van der Waals surface area contributed by atoms with Gasteiger partial charge in [0.2, 0.25) is 0 Å². The molecule has 1 saturated heterocycles.